The van der Waals surface area contributed by atoms with Gasteiger partial charge in [-0.25, -0.2) is 0 Å². The van der Waals surface area contributed by atoms with Crippen LogP contribution in [-0.2, 0) is 14.3 Å². The van der Waals surface area contributed by atoms with Gasteiger partial charge in [-0.3, -0.25) is 14.9 Å². The molecule has 2 heterocycles. The van der Waals surface area contributed by atoms with Crippen molar-refractivity contribution in [3.63, 3.8) is 0 Å². The van der Waals surface area contributed by atoms with Gasteiger partial charge in [-0.05, 0) is 32.1 Å². The number of piperidine rings is 1. The number of nitrogens with one attached hydrogen (secondary N) is 1. The number of amides is 2. The Balaban J connectivity index is 1.65. The number of carbonyl (C=O) groups excluding carboxylic acids is 2. The molecule has 0 aromatic carbocycles. The zero-order valence-electron chi connectivity index (χ0n) is 9.54. The maximum Gasteiger partial charge on any atom is 0.229 e. The summed E-state index contributed by atoms with van der Waals surface area (Å²) in [7, 11) is 0. The number of hydrogen-bond donors (Lipinski definition) is 1. The van der Waals surface area contributed by atoms with Crippen LogP contribution in [0.15, 0.2) is 0 Å². The van der Waals surface area contributed by atoms with Gasteiger partial charge in [-0.1, -0.05) is 6.42 Å². The lowest BCUT2D eigenvalue weighted by molar-refractivity contribution is -0.136. The molecule has 2 unspecified atom stereocenters. The van der Waals surface area contributed by atoms with Crippen molar-refractivity contribution in [3.8, 4) is 0 Å². The molecule has 2 saturated heterocycles. The summed E-state index contributed by atoms with van der Waals surface area (Å²) in [5.41, 5.74) is 0. The molecular weight excluding hydrogens is 206 g/mol. The number of carbonyl (C=O) groups is 2. The van der Waals surface area contributed by atoms with Crippen molar-refractivity contribution < 1.29 is 14.3 Å². The maximum atomic E-state index is 11.5. The minimum Gasteiger partial charge on any atom is -0.378 e. The van der Waals surface area contributed by atoms with Crippen molar-refractivity contribution in [2.75, 3.05) is 6.61 Å². The molecule has 90 valence electrons. The molecule has 0 saturated carbocycles. The minimum absolute atomic E-state index is 0.0408. The second-order valence-electron chi connectivity index (χ2n) is 4.71. The lowest BCUT2D eigenvalue weighted by atomic mass is 9.92. The largest absolute Gasteiger partial charge is 0.378 e. The number of rotatable bonds is 4. The van der Waals surface area contributed by atoms with Gasteiger partial charge in [0.1, 0.15) is 0 Å². The standard InChI is InChI=1S/C12H19NO3/c14-11-7-6-9(12(15)13-11)3-1-4-10-5-2-8-16-10/h9-10H,1-8H2,(H,13,14,15). The number of ether oxygens (including phenoxy) is 1. The SMILES string of the molecule is O=C1CCC(CCCC2CCCO2)C(=O)N1. The Morgan fingerprint density at radius 2 is 2.12 bits per heavy atom. The van der Waals surface area contributed by atoms with Crippen molar-refractivity contribution in [2.24, 2.45) is 5.92 Å². The van der Waals surface area contributed by atoms with E-state index in [-0.39, 0.29) is 17.7 Å². The molecule has 0 aromatic rings. The molecular formula is C12H19NO3. The molecule has 0 aliphatic carbocycles. The third-order valence-electron chi connectivity index (χ3n) is 3.46. The second-order valence-corrected chi connectivity index (χ2v) is 4.71. The predicted molar refractivity (Wildman–Crippen MR) is 58.7 cm³/mol. The molecule has 4 nitrogen and oxygen atoms in total. The van der Waals surface area contributed by atoms with Crippen LogP contribution >= 0.6 is 0 Å². The summed E-state index contributed by atoms with van der Waals surface area (Å²) >= 11 is 0. The zero-order chi connectivity index (χ0) is 11.4. The molecule has 2 aliphatic rings. The van der Waals surface area contributed by atoms with Crippen molar-refractivity contribution in [3.05, 3.63) is 0 Å². The normalized spacial score (nSPS) is 30.5. The van der Waals surface area contributed by atoms with Crippen LogP contribution in [0.2, 0.25) is 0 Å². The second kappa shape index (κ2) is 5.43. The summed E-state index contributed by atoms with van der Waals surface area (Å²) in [6, 6.07) is 0. The van der Waals surface area contributed by atoms with Crippen LogP contribution in [0.5, 0.6) is 0 Å². The first-order valence-corrected chi connectivity index (χ1v) is 6.21. The quantitative estimate of drug-likeness (QED) is 0.735. The first-order chi connectivity index (χ1) is 7.75. The van der Waals surface area contributed by atoms with Crippen molar-refractivity contribution >= 4 is 11.8 Å². The molecule has 2 amide bonds. The molecule has 0 radical (unpaired) electrons. The molecule has 2 atom stereocenters. The molecule has 2 fully saturated rings. The molecule has 16 heavy (non-hydrogen) atoms. The average Bonchev–Trinajstić information content (AvgIpc) is 2.74. The predicted octanol–water partition coefficient (Wildman–Crippen LogP) is 1.39. The van der Waals surface area contributed by atoms with Crippen molar-refractivity contribution in [2.45, 2.75) is 51.0 Å². The Labute approximate surface area is 95.7 Å². The fourth-order valence-electron chi connectivity index (χ4n) is 2.48. The van der Waals surface area contributed by atoms with Crippen molar-refractivity contribution in [1.82, 2.24) is 5.32 Å². The molecule has 1 N–H and O–H groups in total. The number of hydrogen-bond acceptors (Lipinski definition) is 3. The van der Waals surface area contributed by atoms with E-state index in [0.717, 1.165) is 38.7 Å². The summed E-state index contributed by atoms with van der Waals surface area (Å²) in [6.45, 7) is 0.892. The highest BCUT2D eigenvalue weighted by molar-refractivity contribution is 5.98. The fourth-order valence-corrected chi connectivity index (χ4v) is 2.48. The van der Waals surface area contributed by atoms with Crippen LogP contribution in [0.3, 0.4) is 0 Å². The first-order valence-electron chi connectivity index (χ1n) is 6.21. The van der Waals surface area contributed by atoms with Gasteiger partial charge in [0.25, 0.3) is 0 Å². The third-order valence-corrected chi connectivity index (χ3v) is 3.46. The Morgan fingerprint density at radius 1 is 1.25 bits per heavy atom. The van der Waals surface area contributed by atoms with Gasteiger partial charge < -0.3 is 4.74 Å². The molecule has 0 spiro atoms. The molecule has 2 aliphatic heterocycles. The summed E-state index contributed by atoms with van der Waals surface area (Å²) in [5.74, 6) is -0.164. The Hall–Kier alpha value is -0.900. The molecule has 2 rings (SSSR count). The lowest BCUT2D eigenvalue weighted by Crippen LogP contribution is -2.40. The summed E-state index contributed by atoms with van der Waals surface area (Å²) in [5, 5.41) is 2.40. The summed E-state index contributed by atoms with van der Waals surface area (Å²) < 4.78 is 5.53. The lowest BCUT2D eigenvalue weighted by Gasteiger charge is -2.21. The van der Waals surface area contributed by atoms with Gasteiger partial charge in [-0.2, -0.15) is 0 Å². The van der Waals surface area contributed by atoms with E-state index in [1.54, 1.807) is 0 Å². The zero-order valence-corrected chi connectivity index (χ0v) is 9.54. The van der Waals surface area contributed by atoms with E-state index >= 15 is 0 Å². The van der Waals surface area contributed by atoms with Crippen LogP contribution in [0, 0.1) is 5.92 Å². The Kier molecular flexibility index (Phi) is 3.93. The highest BCUT2D eigenvalue weighted by Gasteiger charge is 2.26. The van der Waals surface area contributed by atoms with Gasteiger partial charge in [0, 0.05) is 18.9 Å². The highest BCUT2D eigenvalue weighted by atomic mass is 16.5. The average molecular weight is 225 g/mol. The highest BCUT2D eigenvalue weighted by Crippen LogP contribution is 2.22. The van der Waals surface area contributed by atoms with Crippen LogP contribution < -0.4 is 5.32 Å². The van der Waals surface area contributed by atoms with Crippen LogP contribution in [0.4, 0.5) is 0 Å². The van der Waals surface area contributed by atoms with Gasteiger partial charge in [-0.15, -0.1) is 0 Å². The van der Waals surface area contributed by atoms with E-state index in [4.69, 9.17) is 4.74 Å². The topological polar surface area (TPSA) is 55.4 Å². The fraction of sp³-hybridized carbons (Fsp3) is 0.833. The Bertz CT molecular complexity index is 271. The maximum absolute atomic E-state index is 11.5. The van der Waals surface area contributed by atoms with Crippen molar-refractivity contribution in [1.29, 1.82) is 0 Å². The van der Waals surface area contributed by atoms with Crippen LogP contribution in [-0.4, -0.2) is 24.5 Å². The van der Waals surface area contributed by atoms with E-state index < -0.39 is 0 Å². The third kappa shape index (κ3) is 3.04. The Morgan fingerprint density at radius 3 is 2.81 bits per heavy atom. The smallest absolute Gasteiger partial charge is 0.229 e. The van der Waals surface area contributed by atoms with Crippen LogP contribution in [0.25, 0.3) is 0 Å². The molecule has 0 aromatic heterocycles. The van der Waals surface area contributed by atoms with E-state index in [0.29, 0.717) is 12.5 Å². The van der Waals surface area contributed by atoms with Gasteiger partial charge in [0.05, 0.1) is 6.10 Å². The number of imide groups is 1. The van der Waals surface area contributed by atoms with Gasteiger partial charge in [0.15, 0.2) is 0 Å². The van der Waals surface area contributed by atoms with Gasteiger partial charge in [0.2, 0.25) is 11.8 Å². The molecule has 0 bridgehead atoms. The van der Waals surface area contributed by atoms with E-state index in [9.17, 15) is 9.59 Å². The molecule has 4 heteroatoms. The summed E-state index contributed by atoms with van der Waals surface area (Å²) in [4.78, 5) is 22.4. The summed E-state index contributed by atoms with van der Waals surface area (Å²) in [6.07, 6.45) is 6.92. The van der Waals surface area contributed by atoms with E-state index in [1.165, 1.54) is 6.42 Å². The minimum atomic E-state index is -0.125. The van der Waals surface area contributed by atoms with E-state index in [2.05, 4.69) is 5.32 Å². The van der Waals surface area contributed by atoms with E-state index in [1.807, 2.05) is 0 Å². The monoisotopic (exact) mass is 225 g/mol. The van der Waals surface area contributed by atoms with Gasteiger partial charge >= 0.3 is 0 Å². The van der Waals surface area contributed by atoms with Crippen LogP contribution in [0.1, 0.15) is 44.9 Å². The first kappa shape index (κ1) is 11.6.